The summed E-state index contributed by atoms with van der Waals surface area (Å²) in [7, 11) is 0. The van der Waals surface area contributed by atoms with Crippen LogP contribution < -0.4 is 10.5 Å². The second-order valence-corrected chi connectivity index (χ2v) is 4.19. The van der Waals surface area contributed by atoms with Crippen molar-refractivity contribution in [2.75, 3.05) is 12.3 Å². The molecule has 0 aliphatic heterocycles. The first-order chi connectivity index (χ1) is 8.61. The van der Waals surface area contributed by atoms with Crippen molar-refractivity contribution >= 4 is 5.82 Å². The third kappa shape index (κ3) is 2.42. The molecule has 0 fully saturated rings. The van der Waals surface area contributed by atoms with E-state index in [1.54, 1.807) is 6.07 Å². The number of nitrogens with two attached hydrogens (primary N) is 1. The van der Waals surface area contributed by atoms with Gasteiger partial charge in [-0.05, 0) is 44.0 Å². The zero-order chi connectivity index (χ0) is 13.1. The van der Waals surface area contributed by atoms with Gasteiger partial charge < -0.3 is 10.5 Å². The zero-order valence-electron chi connectivity index (χ0n) is 10.9. The summed E-state index contributed by atoms with van der Waals surface area (Å²) in [4.78, 5) is 8.16. The molecule has 1 heterocycles. The average Bonchev–Trinajstić information content (AvgIpc) is 2.33. The monoisotopic (exact) mass is 243 g/mol. The van der Waals surface area contributed by atoms with Gasteiger partial charge in [-0.2, -0.15) is 0 Å². The number of nitrogens with zero attached hydrogens (tertiary/aromatic N) is 2. The molecule has 4 heteroatoms. The molecule has 0 radical (unpaired) electrons. The highest BCUT2D eigenvalue weighted by atomic mass is 16.5. The van der Waals surface area contributed by atoms with Crippen LogP contribution in [0.5, 0.6) is 5.75 Å². The highest BCUT2D eigenvalue weighted by molar-refractivity contribution is 5.67. The standard InChI is InChI=1S/C14H17N3O/c1-4-18-13-6-9(2)11(5-10(13)3)12-7-14(15)17-8-16-12/h5-8H,4H2,1-3H3,(H2,15,16,17). The molecule has 94 valence electrons. The van der Waals surface area contributed by atoms with E-state index in [0.717, 1.165) is 28.1 Å². The molecule has 2 rings (SSSR count). The number of benzene rings is 1. The van der Waals surface area contributed by atoms with Crippen LogP contribution >= 0.6 is 0 Å². The molecule has 1 aromatic heterocycles. The van der Waals surface area contributed by atoms with Crippen LogP contribution in [0.4, 0.5) is 5.82 Å². The second kappa shape index (κ2) is 5.04. The van der Waals surface area contributed by atoms with Crippen LogP contribution in [0.25, 0.3) is 11.3 Å². The molecule has 0 aliphatic rings. The summed E-state index contributed by atoms with van der Waals surface area (Å²) in [6, 6.07) is 5.89. The minimum absolute atomic E-state index is 0.478. The van der Waals surface area contributed by atoms with E-state index in [9.17, 15) is 0 Å². The van der Waals surface area contributed by atoms with Crippen LogP contribution in [0.3, 0.4) is 0 Å². The molecular weight excluding hydrogens is 226 g/mol. The number of nitrogen functional groups attached to an aromatic ring is 1. The van der Waals surface area contributed by atoms with Crippen LogP contribution in [0.2, 0.25) is 0 Å². The Morgan fingerprint density at radius 3 is 2.56 bits per heavy atom. The second-order valence-electron chi connectivity index (χ2n) is 4.19. The third-order valence-corrected chi connectivity index (χ3v) is 2.79. The van der Waals surface area contributed by atoms with Crippen molar-refractivity contribution in [3.8, 4) is 17.0 Å². The fourth-order valence-corrected chi connectivity index (χ4v) is 1.90. The van der Waals surface area contributed by atoms with Gasteiger partial charge in [-0.25, -0.2) is 9.97 Å². The summed E-state index contributed by atoms with van der Waals surface area (Å²) in [5.74, 6) is 1.40. The van der Waals surface area contributed by atoms with Crippen LogP contribution in [0, 0.1) is 13.8 Å². The lowest BCUT2D eigenvalue weighted by molar-refractivity contribution is 0.337. The van der Waals surface area contributed by atoms with E-state index in [4.69, 9.17) is 10.5 Å². The number of hydrogen-bond donors (Lipinski definition) is 1. The van der Waals surface area contributed by atoms with Gasteiger partial charge >= 0.3 is 0 Å². The van der Waals surface area contributed by atoms with E-state index in [2.05, 4.69) is 16.0 Å². The van der Waals surface area contributed by atoms with Gasteiger partial charge in [0.1, 0.15) is 17.9 Å². The maximum atomic E-state index is 5.69. The molecule has 1 aromatic carbocycles. The first-order valence-corrected chi connectivity index (χ1v) is 5.93. The minimum Gasteiger partial charge on any atom is -0.494 e. The van der Waals surface area contributed by atoms with Gasteiger partial charge in [0, 0.05) is 11.6 Å². The summed E-state index contributed by atoms with van der Waals surface area (Å²) in [5.41, 5.74) is 9.79. The summed E-state index contributed by atoms with van der Waals surface area (Å²) in [6.07, 6.45) is 1.48. The number of aryl methyl sites for hydroxylation is 2. The largest absolute Gasteiger partial charge is 0.494 e. The number of rotatable bonds is 3. The number of aromatic nitrogens is 2. The Bertz CT molecular complexity index is 567. The van der Waals surface area contributed by atoms with Crippen molar-refractivity contribution in [2.24, 2.45) is 0 Å². The van der Waals surface area contributed by atoms with E-state index in [0.29, 0.717) is 12.4 Å². The first kappa shape index (κ1) is 12.4. The summed E-state index contributed by atoms with van der Waals surface area (Å²) < 4.78 is 5.57. The van der Waals surface area contributed by atoms with Crippen LogP contribution in [0.1, 0.15) is 18.1 Å². The smallest absolute Gasteiger partial charge is 0.127 e. The lowest BCUT2D eigenvalue weighted by Crippen LogP contribution is -1.98. The summed E-state index contributed by atoms with van der Waals surface area (Å²) in [5, 5.41) is 0. The summed E-state index contributed by atoms with van der Waals surface area (Å²) >= 11 is 0. The summed E-state index contributed by atoms with van der Waals surface area (Å²) in [6.45, 7) is 6.71. The van der Waals surface area contributed by atoms with Crippen molar-refractivity contribution < 1.29 is 4.74 Å². The third-order valence-electron chi connectivity index (χ3n) is 2.79. The van der Waals surface area contributed by atoms with E-state index in [1.807, 2.05) is 26.8 Å². The predicted molar refractivity (Wildman–Crippen MR) is 72.5 cm³/mol. The van der Waals surface area contributed by atoms with Crippen LogP contribution in [-0.2, 0) is 0 Å². The predicted octanol–water partition coefficient (Wildman–Crippen LogP) is 2.74. The number of ether oxygens (including phenoxy) is 1. The lowest BCUT2D eigenvalue weighted by Gasteiger charge is -2.12. The van der Waals surface area contributed by atoms with E-state index in [1.165, 1.54) is 6.33 Å². The van der Waals surface area contributed by atoms with Crippen molar-refractivity contribution in [2.45, 2.75) is 20.8 Å². The molecular formula is C14H17N3O. The Hall–Kier alpha value is -2.10. The molecule has 0 bridgehead atoms. The van der Waals surface area contributed by atoms with Crippen molar-refractivity contribution in [1.29, 1.82) is 0 Å². The SMILES string of the molecule is CCOc1cc(C)c(-c2cc(N)ncn2)cc1C. The number of hydrogen-bond acceptors (Lipinski definition) is 4. The van der Waals surface area contributed by atoms with Gasteiger partial charge in [-0.15, -0.1) is 0 Å². The maximum Gasteiger partial charge on any atom is 0.127 e. The Morgan fingerprint density at radius 2 is 1.89 bits per heavy atom. The van der Waals surface area contributed by atoms with Crippen molar-refractivity contribution in [3.63, 3.8) is 0 Å². The highest BCUT2D eigenvalue weighted by Gasteiger charge is 2.08. The van der Waals surface area contributed by atoms with Gasteiger partial charge in [0.05, 0.1) is 12.3 Å². The zero-order valence-corrected chi connectivity index (χ0v) is 10.9. The van der Waals surface area contributed by atoms with E-state index >= 15 is 0 Å². The fraction of sp³-hybridized carbons (Fsp3) is 0.286. The van der Waals surface area contributed by atoms with Gasteiger partial charge in [0.2, 0.25) is 0 Å². The topological polar surface area (TPSA) is 61.0 Å². The fourth-order valence-electron chi connectivity index (χ4n) is 1.90. The van der Waals surface area contributed by atoms with Gasteiger partial charge in [0.15, 0.2) is 0 Å². The molecule has 18 heavy (non-hydrogen) atoms. The van der Waals surface area contributed by atoms with Gasteiger partial charge in [-0.3, -0.25) is 0 Å². The van der Waals surface area contributed by atoms with E-state index < -0.39 is 0 Å². The molecule has 0 unspecified atom stereocenters. The van der Waals surface area contributed by atoms with Crippen molar-refractivity contribution in [1.82, 2.24) is 9.97 Å². The molecule has 0 amide bonds. The minimum atomic E-state index is 0.478. The molecule has 2 aromatic rings. The molecule has 0 aliphatic carbocycles. The molecule has 0 spiro atoms. The molecule has 0 atom stereocenters. The Morgan fingerprint density at radius 1 is 1.11 bits per heavy atom. The molecule has 0 saturated heterocycles. The van der Waals surface area contributed by atoms with Crippen molar-refractivity contribution in [3.05, 3.63) is 35.7 Å². The number of anilines is 1. The quantitative estimate of drug-likeness (QED) is 0.900. The molecule has 2 N–H and O–H groups in total. The molecule has 0 saturated carbocycles. The van der Waals surface area contributed by atoms with Crippen LogP contribution in [-0.4, -0.2) is 16.6 Å². The van der Waals surface area contributed by atoms with E-state index in [-0.39, 0.29) is 0 Å². The highest BCUT2D eigenvalue weighted by Crippen LogP contribution is 2.29. The van der Waals surface area contributed by atoms with Crippen LogP contribution in [0.15, 0.2) is 24.5 Å². The molecule has 4 nitrogen and oxygen atoms in total. The average molecular weight is 243 g/mol. The van der Waals surface area contributed by atoms with Gasteiger partial charge in [-0.1, -0.05) is 0 Å². The Balaban J connectivity index is 2.49. The van der Waals surface area contributed by atoms with Gasteiger partial charge in [0.25, 0.3) is 0 Å². The lowest BCUT2D eigenvalue weighted by atomic mass is 10.0. The Kier molecular flexibility index (Phi) is 3.46. The Labute approximate surface area is 107 Å². The normalized spacial score (nSPS) is 10.4. The maximum absolute atomic E-state index is 5.69. The first-order valence-electron chi connectivity index (χ1n) is 5.93.